The van der Waals surface area contributed by atoms with Crippen LogP contribution in [0.25, 0.3) is 0 Å². The Labute approximate surface area is 122 Å². The second-order valence-corrected chi connectivity index (χ2v) is 5.30. The summed E-state index contributed by atoms with van der Waals surface area (Å²) in [6.45, 7) is 0. The summed E-state index contributed by atoms with van der Waals surface area (Å²) in [5.41, 5.74) is 7.09. The maximum absolute atomic E-state index is 12.9. The molecule has 3 nitrogen and oxygen atoms in total. The van der Waals surface area contributed by atoms with Crippen molar-refractivity contribution in [3.05, 3.63) is 23.8 Å². The van der Waals surface area contributed by atoms with Gasteiger partial charge in [-0.2, -0.15) is 0 Å². The number of alkyl halides is 2. The zero-order valence-electron chi connectivity index (χ0n) is 11.0. The van der Waals surface area contributed by atoms with Gasteiger partial charge in [-0.15, -0.1) is 21.2 Å². The van der Waals surface area contributed by atoms with E-state index in [0.29, 0.717) is 5.92 Å². The van der Waals surface area contributed by atoms with Gasteiger partial charge in [-0.25, -0.2) is 0 Å². The molecule has 0 bridgehead atoms. The lowest BCUT2D eigenvalue weighted by Gasteiger charge is -2.27. The largest absolute Gasteiger partial charge is 0.586 e. The van der Waals surface area contributed by atoms with Gasteiger partial charge in [0.25, 0.3) is 0 Å². The molecule has 1 fully saturated rings. The Morgan fingerprint density at radius 3 is 2.45 bits per heavy atom. The molecule has 1 saturated carbocycles. The molecule has 0 saturated heterocycles. The summed E-state index contributed by atoms with van der Waals surface area (Å²) < 4.78 is 34.7. The van der Waals surface area contributed by atoms with Crippen LogP contribution in [0.3, 0.4) is 0 Å². The fourth-order valence-corrected chi connectivity index (χ4v) is 2.94. The molecule has 0 radical (unpaired) electrons. The standard InChI is InChI=1S/C14H17F2NO2.ClH/c15-14(16)18-11-7-6-10(8-12(11)19-14)13(17)9-4-2-1-3-5-9;/h6-9,13H,1-5,17H2;1H/t13-;/m0./s1. The molecule has 0 spiro atoms. The molecule has 0 aromatic heterocycles. The van der Waals surface area contributed by atoms with Crippen molar-refractivity contribution >= 4 is 12.4 Å². The summed E-state index contributed by atoms with van der Waals surface area (Å²) in [6.07, 6.45) is 2.30. The molecule has 20 heavy (non-hydrogen) atoms. The van der Waals surface area contributed by atoms with E-state index in [4.69, 9.17) is 5.73 Å². The Morgan fingerprint density at radius 1 is 1.10 bits per heavy atom. The molecule has 1 aliphatic heterocycles. The quantitative estimate of drug-likeness (QED) is 0.898. The van der Waals surface area contributed by atoms with Crippen LogP contribution in [0.2, 0.25) is 0 Å². The van der Waals surface area contributed by atoms with Crippen LogP contribution in [0.4, 0.5) is 8.78 Å². The highest BCUT2D eigenvalue weighted by Gasteiger charge is 2.43. The average molecular weight is 306 g/mol. The average Bonchev–Trinajstić information content (AvgIpc) is 2.71. The number of nitrogens with two attached hydrogens (primary N) is 1. The first-order valence-corrected chi connectivity index (χ1v) is 6.70. The van der Waals surface area contributed by atoms with Gasteiger partial charge in [0.15, 0.2) is 11.5 Å². The van der Waals surface area contributed by atoms with Gasteiger partial charge in [0.2, 0.25) is 0 Å². The van der Waals surface area contributed by atoms with Gasteiger partial charge >= 0.3 is 6.29 Å². The number of halogens is 3. The van der Waals surface area contributed by atoms with E-state index in [-0.39, 0.29) is 29.9 Å². The number of ether oxygens (including phenoxy) is 2. The van der Waals surface area contributed by atoms with Gasteiger partial charge in [-0.3, -0.25) is 0 Å². The molecule has 3 rings (SSSR count). The first-order chi connectivity index (χ1) is 9.05. The van der Waals surface area contributed by atoms with Crippen molar-refractivity contribution in [1.29, 1.82) is 0 Å². The second-order valence-electron chi connectivity index (χ2n) is 5.30. The van der Waals surface area contributed by atoms with E-state index >= 15 is 0 Å². The predicted molar refractivity (Wildman–Crippen MR) is 73.4 cm³/mol. The molecular weight excluding hydrogens is 288 g/mol. The highest BCUT2D eigenvalue weighted by Crippen LogP contribution is 2.43. The molecule has 1 aliphatic carbocycles. The van der Waals surface area contributed by atoms with Crippen LogP contribution in [0, 0.1) is 5.92 Å². The van der Waals surface area contributed by atoms with E-state index in [1.54, 1.807) is 12.1 Å². The SMILES string of the molecule is Cl.N[C@H](c1ccc2c(c1)OC(F)(F)O2)C1CCCCC1. The Hall–Kier alpha value is -1.07. The van der Waals surface area contributed by atoms with Gasteiger partial charge in [-0.1, -0.05) is 25.3 Å². The Balaban J connectivity index is 0.00000147. The van der Waals surface area contributed by atoms with Crippen LogP contribution in [0.5, 0.6) is 11.5 Å². The van der Waals surface area contributed by atoms with E-state index in [2.05, 4.69) is 9.47 Å². The second kappa shape index (κ2) is 5.74. The maximum Gasteiger partial charge on any atom is 0.586 e. The monoisotopic (exact) mass is 305 g/mol. The van der Waals surface area contributed by atoms with Crippen LogP contribution in [0.15, 0.2) is 18.2 Å². The molecule has 0 unspecified atom stereocenters. The number of rotatable bonds is 2. The minimum atomic E-state index is -3.56. The summed E-state index contributed by atoms with van der Waals surface area (Å²) in [4.78, 5) is 0. The fraction of sp³-hybridized carbons (Fsp3) is 0.571. The molecule has 1 atom stereocenters. The molecule has 1 aromatic carbocycles. The molecule has 2 N–H and O–H groups in total. The lowest BCUT2D eigenvalue weighted by Crippen LogP contribution is -2.26. The Bertz CT molecular complexity index is 478. The lowest BCUT2D eigenvalue weighted by atomic mass is 9.81. The Kier molecular flexibility index (Phi) is 4.39. The minimum Gasteiger partial charge on any atom is -0.395 e. The third-order valence-electron chi connectivity index (χ3n) is 3.97. The van der Waals surface area contributed by atoms with Crippen molar-refractivity contribution in [1.82, 2.24) is 0 Å². The summed E-state index contributed by atoms with van der Waals surface area (Å²) >= 11 is 0. The third-order valence-corrected chi connectivity index (χ3v) is 3.97. The van der Waals surface area contributed by atoms with E-state index in [1.807, 2.05) is 0 Å². The fourth-order valence-electron chi connectivity index (χ4n) is 2.94. The number of fused-ring (bicyclic) bond motifs is 1. The maximum atomic E-state index is 12.9. The zero-order chi connectivity index (χ0) is 13.5. The van der Waals surface area contributed by atoms with Crippen molar-refractivity contribution in [2.24, 2.45) is 11.7 Å². The van der Waals surface area contributed by atoms with Crippen LogP contribution >= 0.6 is 12.4 Å². The van der Waals surface area contributed by atoms with Gasteiger partial charge in [0.1, 0.15) is 0 Å². The van der Waals surface area contributed by atoms with E-state index in [1.165, 1.54) is 25.3 Å². The molecular formula is C14H18ClF2NO2. The lowest BCUT2D eigenvalue weighted by molar-refractivity contribution is -0.286. The van der Waals surface area contributed by atoms with E-state index in [0.717, 1.165) is 18.4 Å². The first-order valence-electron chi connectivity index (χ1n) is 6.70. The normalized spacial score (nSPS) is 22.1. The van der Waals surface area contributed by atoms with Gasteiger partial charge in [-0.05, 0) is 36.5 Å². The first kappa shape index (κ1) is 15.3. The number of hydrogen-bond donors (Lipinski definition) is 1. The van der Waals surface area contributed by atoms with E-state index < -0.39 is 6.29 Å². The molecule has 112 valence electrons. The van der Waals surface area contributed by atoms with Crippen molar-refractivity contribution in [3.8, 4) is 11.5 Å². The van der Waals surface area contributed by atoms with Gasteiger partial charge < -0.3 is 15.2 Å². The topological polar surface area (TPSA) is 44.5 Å². The third kappa shape index (κ3) is 2.99. The van der Waals surface area contributed by atoms with Crippen molar-refractivity contribution in [3.63, 3.8) is 0 Å². The van der Waals surface area contributed by atoms with Crippen molar-refractivity contribution in [2.45, 2.75) is 44.4 Å². The smallest absolute Gasteiger partial charge is 0.395 e. The number of hydrogen-bond acceptors (Lipinski definition) is 3. The van der Waals surface area contributed by atoms with Gasteiger partial charge in [0.05, 0.1) is 0 Å². The van der Waals surface area contributed by atoms with E-state index in [9.17, 15) is 8.78 Å². The molecule has 6 heteroatoms. The number of benzene rings is 1. The molecule has 2 aliphatic rings. The summed E-state index contributed by atoms with van der Waals surface area (Å²) in [7, 11) is 0. The zero-order valence-corrected chi connectivity index (χ0v) is 11.8. The van der Waals surface area contributed by atoms with Crippen LogP contribution < -0.4 is 15.2 Å². The van der Waals surface area contributed by atoms with Crippen LogP contribution in [-0.4, -0.2) is 6.29 Å². The van der Waals surface area contributed by atoms with Gasteiger partial charge in [0, 0.05) is 6.04 Å². The highest BCUT2D eigenvalue weighted by atomic mass is 35.5. The van der Waals surface area contributed by atoms with Crippen molar-refractivity contribution < 1.29 is 18.3 Å². The van der Waals surface area contributed by atoms with Crippen LogP contribution in [0.1, 0.15) is 43.7 Å². The summed E-state index contributed by atoms with van der Waals surface area (Å²) in [5, 5.41) is 0. The predicted octanol–water partition coefficient (Wildman–Crippen LogP) is 4.01. The summed E-state index contributed by atoms with van der Waals surface area (Å²) in [6, 6.07) is 4.72. The molecule has 1 aromatic rings. The van der Waals surface area contributed by atoms with Crippen molar-refractivity contribution in [2.75, 3.05) is 0 Å². The minimum absolute atomic E-state index is 0. The Morgan fingerprint density at radius 2 is 1.75 bits per heavy atom. The summed E-state index contributed by atoms with van der Waals surface area (Å²) in [5.74, 6) is 0.577. The highest BCUT2D eigenvalue weighted by molar-refractivity contribution is 5.85. The van der Waals surface area contributed by atoms with Crippen LogP contribution in [-0.2, 0) is 0 Å². The molecule has 0 amide bonds. The molecule has 1 heterocycles.